The van der Waals surface area contributed by atoms with Crippen LogP contribution in [0.25, 0.3) is 0 Å². The maximum atomic E-state index is 13.4. The van der Waals surface area contributed by atoms with Crippen LogP contribution in [0.4, 0.5) is 5.82 Å². The molecular formula is C25H33N4O4+. The van der Waals surface area contributed by atoms with Crippen LogP contribution in [0.5, 0.6) is 0 Å². The number of carbonyl (C=O) groups excluding carboxylic acids is 2. The summed E-state index contributed by atoms with van der Waals surface area (Å²) in [6, 6.07) is 10.8. The molecule has 2 fully saturated rings. The molecular weight excluding hydrogens is 420 g/mol. The van der Waals surface area contributed by atoms with Gasteiger partial charge in [0.2, 0.25) is 0 Å². The summed E-state index contributed by atoms with van der Waals surface area (Å²) in [5.41, 5.74) is -1.04. The van der Waals surface area contributed by atoms with E-state index in [0.29, 0.717) is 35.4 Å². The van der Waals surface area contributed by atoms with E-state index in [4.69, 9.17) is 4.74 Å². The number of carbonyl (C=O) groups is 2. The van der Waals surface area contributed by atoms with E-state index in [1.165, 1.54) is 6.33 Å². The van der Waals surface area contributed by atoms with E-state index in [-0.39, 0.29) is 24.5 Å². The molecule has 4 rings (SSSR count). The van der Waals surface area contributed by atoms with Crippen LogP contribution < -0.4 is 5.32 Å². The zero-order chi connectivity index (χ0) is 23.3. The van der Waals surface area contributed by atoms with E-state index in [9.17, 15) is 14.7 Å². The fraction of sp³-hybridized carbons (Fsp3) is 0.520. The van der Waals surface area contributed by atoms with Crippen molar-refractivity contribution in [2.24, 2.45) is 5.92 Å². The molecule has 0 radical (unpaired) electrons. The van der Waals surface area contributed by atoms with Gasteiger partial charge in [-0.1, -0.05) is 49.6 Å². The number of likely N-dealkylation sites (N-methyl/N-ethyl adjacent to an activating group) is 1. The standard InChI is InChI=1S/C25H32N4O4/c1-29(17-23(30)28-22-12-14-26-18-27-22)15-13-21(16-29)33-24(31)25(32,19-8-4-2-5-9-19)20-10-6-3-7-11-20/h2,4-5,8-9,12,14,18,20-21,32H,3,6-7,10-11,13,15-17H2,1H3/p+1/t21?,25?,29-/m1/s1. The van der Waals surface area contributed by atoms with Crippen molar-refractivity contribution in [3.8, 4) is 0 Å². The number of quaternary nitrogens is 1. The van der Waals surface area contributed by atoms with Gasteiger partial charge in [-0.2, -0.15) is 0 Å². The van der Waals surface area contributed by atoms with Crippen LogP contribution in [0.1, 0.15) is 44.1 Å². The predicted molar refractivity (Wildman–Crippen MR) is 123 cm³/mol. The number of likely N-dealkylation sites (tertiary alicyclic amines) is 1. The molecule has 176 valence electrons. The van der Waals surface area contributed by atoms with Crippen molar-refractivity contribution in [2.75, 3.05) is 32.0 Å². The number of hydrogen-bond donors (Lipinski definition) is 2. The zero-order valence-corrected chi connectivity index (χ0v) is 19.2. The average molecular weight is 454 g/mol. The number of amides is 1. The van der Waals surface area contributed by atoms with Crippen LogP contribution in [0.3, 0.4) is 0 Å². The monoisotopic (exact) mass is 453 g/mol. The molecule has 1 amide bonds. The Morgan fingerprint density at radius 3 is 2.61 bits per heavy atom. The van der Waals surface area contributed by atoms with Crippen molar-refractivity contribution in [2.45, 2.75) is 50.2 Å². The van der Waals surface area contributed by atoms with E-state index < -0.39 is 11.6 Å². The van der Waals surface area contributed by atoms with Gasteiger partial charge in [-0.05, 0) is 24.5 Å². The summed E-state index contributed by atoms with van der Waals surface area (Å²) in [5, 5.41) is 14.5. The SMILES string of the molecule is C[N@@+]1(CC(=O)Nc2ccncn2)CCC(OC(=O)C(O)(c2ccccc2)C2CCCCC2)C1. The van der Waals surface area contributed by atoms with Gasteiger partial charge in [-0.15, -0.1) is 0 Å². The first-order chi connectivity index (χ1) is 15.9. The van der Waals surface area contributed by atoms with E-state index in [2.05, 4.69) is 15.3 Å². The highest BCUT2D eigenvalue weighted by molar-refractivity contribution is 5.90. The van der Waals surface area contributed by atoms with Crippen molar-refractivity contribution in [1.29, 1.82) is 0 Å². The molecule has 3 atom stereocenters. The molecule has 2 N–H and O–H groups in total. The molecule has 2 aliphatic rings. The molecule has 1 aromatic carbocycles. The van der Waals surface area contributed by atoms with Gasteiger partial charge in [0.05, 0.1) is 13.6 Å². The Balaban J connectivity index is 1.41. The fourth-order valence-corrected chi connectivity index (χ4v) is 5.24. The molecule has 1 aliphatic carbocycles. The molecule has 8 nitrogen and oxygen atoms in total. The van der Waals surface area contributed by atoms with E-state index >= 15 is 0 Å². The number of hydrogen-bond acceptors (Lipinski definition) is 6. The molecule has 2 unspecified atom stereocenters. The lowest BCUT2D eigenvalue weighted by atomic mass is 9.73. The molecule has 0 spiro atoms. The predicted octanol–water partition coefficient (Wildman–Crippen LogP) is 2.65. The summed E-state index contributed by atoms with van der Waals surface area (Å²) in [7, 11) is 1.98. The maximum absolute atomic E-state index is 13.4. The van der Waals surface area contributed by atoms with Gasteiger partial charge in [0, 0.05) is 18.5 Å². The van der Waals surface area contributed by atoms with Crippen molar-refractivity contribution in [3.05, 3.63) is 54.5 Å². The Bertz CT molecular complexity index is 951. The molecule has 1 saturated heterocycles. The largest absolute Gasteiger partial charge is 0.454 e. The normalized spacial score (nSPS) is 25.2. The van der Waals surface area contributed by atoms with Crippen LogP contribution in [0.15, 0.2) is 48.9 Å². The van der Waals surface area contributed by atoms with Crippen LogP contribution in [-0.4, -0.2) is 64.2 Å². The molecule has 1 aliphatic heterocycles. The number of nitrogens with zero attached hydrogens (tertiary/aromatic N) is 3. The van der Waals surface area contributed by atoms with Gasteiger partial charge in [-0.25, -0.2) is 14.8 Å². The van der Waals surface area contributed by atoms with Crippen LogP contribution >= 0.6 is 0 Å². The number of rotatable bonds is 7. The smallest absolute Gasteiger partial charge is 0.343 e. The van der Waals surface area contributed by atoms with Crippen LogP contribution in [0.2, 0.25) is 0 Å². The first-order valence-corrected chi connectivity index (χ1v) is 11.8. The molecule has 33 heavy (non-hydrogen) atoms. The maximum Gasteiger partial charge on any atom is 0.343 e. The van der Waals surface area contributed by atoms with E-state index in [1.54, 1.807) is 12.3 Å². The third-order valence-corrected chi connectivity index (χ3v) is 7.00. The molecule has 2 heterocycles. The van der Waals surface area contributed by atoms with Crippen molar-refractivity contribution >= 4 is 17.7 Å². The zero-order valence-electron chi connectivity index (χ0n) is 19.2. The van der Waals surface area contributed by atoms with Gasteiger partial charge in [0.15, 0.2) is 18.2 Å². The lowest BCUT2D eigenvalue weighted by Crippen LogP contribution is -2.49. The minimum atomic E-state index is -1.64. The number of benzene rings is 1. The number of aromatic nitrogens is 2. The Morgan fingerprint density at radius 1 is 1.15 bits per heavy atom. The number of aliphatic hydroxyl groups is 1. The minimum Gasteiger partial charge on any atom is -0.454 e. The second-order valence-corrected chi connectivity index (χ2v) is 9.61. The van der Waals surface area contributed by atoms with Crippen LogP contribution in [0, 0.1) is 5.92 Å². The second-order valence-electron chi connectivity index (χ2n) is 9.61. The summed E-state index contributed by atoms with van der Waals surface area (Å²) in [6.07, 6.45) is 8.03. The molecule has 0 bridgehead atoms. The van der Waals surface area contributed by atoms with Gasteiger partial charge in [0.25, 0.3) is 5.91 Å². The first-order valence-electron chi connectivity index (χ1n) is 11.8. The Hall–Kier alpha value is -2.84. The lowest BCUT2D eigenvalue weighted by Gasteiger charge is -2.37. The number of esters is 1. The van der Waals surface area contributed by atoms with Gasteiger partial charge in [-0.3, -0.25) is 4.79 Å². The fourth-order valence-electron chi connectivity index (χ4n) is 5.24. The number of anilines is 1. The topological polar surface area (TPSA) is 101 Å². The highest BCUT2D eigenvalue weighted by Crippen LogP contribution is 2.41. The Kier molecular flexibility index (Phi) is 7.05. The van der Waals surface area contributed by atoms with Crippen molar-refractivity contribution < 1.29 is 23.9 Å². The average Bonchev–Trinajstić information content (AvgIpc) is 3.19. The summed E-state index contributed by atoms with van der Waals surface area (Å²) in [4.78, 5) is 33.8. The van der Waals surface area contributed by atoms with Crippen molar-refractivity contribution in [1.82, 2.24) is 9.97 Å². The Morgan fingerprint density at radius 2 is 1.91 bits per heavy atom. The molecule has 2 aromatic rings. The summed E-state index contributed by atoms with van der Waals surface area (Å²) in [5.74, 6) is -0.401. The highest BCUT2D eigenvalue weighted by atomic mass is 16.6. The summed E-state index contributed by atoms with van der Waals surface area (Å²) >= 11 is 0. The summed E-state index contributed by atoms with van der Waals surface area (Å²) in [6.45, 7) is 1.49. The Labute approximate surface area is 194 Å². The van der Waals surface area contributed by atoms with E-state index in [1.807, 2.05) is 37.4 Å². The minimum absolute atomic E-state index is 0.147. The van der Waals surface area contributed by atoms with Crippen molar-refractivity contribution in [3.63, 3.8) is 0 Å². The second kappa shape index (κ2) is 9.97. The number of ether oxygens (including phenoxy) is 1. The van der Waals surface area contributed by atoms with Gasteiger partial charge < -0.3 is 19.6 Å². The van der Waals surface area contributed by atoms with Crippen LogP contribution in [-0.2, 0) is 19.9 Å². The number of nitrogens with one attached hydrogen (secondary N) is 1. The third kappa shape index (κ3) is 5.39. The third-order valence-electron chi connectivity index (χ3n) is 7.00. The van der Waals surface area contributed by atoms with Gasteiger partial charge in [0.1, 0.15) is 18.7 Å². The van der Waals surface area contributed by atoms with E-state index in [0.717, 1.165) is 32.1 Å². The first kappa shape index (κ1) is 23.3. The summed E-state index contributed by atoms with van der Waals surface area (Å²) < 4.78 is 6.38. The highest BCUT2D eigenvalue weighted by Gasteiger charge is 2.49. The molecule has 1 saturated carbocycles. The quantitative estimate of drug-likeness (QED) is 0.494. The lowest BCUT2D eigenvalue weighted by molar-refractivity contribution is -0.890. The molecule has 8 heteroatoms. The molecule has 1 aromatic heterocycles. The van der Waals surface area contributed by atoms with Gasteiger partial charge >= 0.3 is 5.97 Å².